The van der Waals surface area contributed by atoms with E-state index in [-0.39, 0.29) is 30.0 Å². The van der Waals surface area contributed by atoms with Gasteiger partial charge >= 0.3 is 0 Å². The van der Waals surface area contributed by atoms with Gasteiger partial charge < -0.3 is 18.9 Å². The third-order valence-corrected chi connectivity index (χ3v) is 4.83. The molecule has 1 aliphatic heterocycles. The van der Waals surface area contributed by atoms with Crippen molar-refractivity contribution in [1.82, 2.24) is 9.47 Å². The molecule has 0 spiro atoms. The molecule has 27 heavy (non-hydrogen) atoms. The van der Waals surface area contributed by atoms with Crippen LogP contribution in [0.2, 0.25) is 0 Å². The molecule has 1 saturated carbocycles. The first kappa shape index (κ1) is 17.6. The first-order valence-electron chi connectivity index (χ1n) is 9.05. The molecule has 1 aliphatic carbocycles. The number of nitrogens with zero attached hydrogens (tertiary/aromatic N) is 2. The number of carbonyl (C=O) groups is 1. The number of aromatic nitrogens is 1. The van der Waals surface area contributed by atoms with Crippen LogP contribution in [-0.2, 0) is 4.79 Å². The smallest absolute Gasteiger partial charge is 0.260 e. The maximum Gasteiger partial charge on any atom is 0.260 e. The molecule has 6 nitrogen and oxygen atoms in total. The summed E-state index contributed by atoms with van der Waals surface area (Å²) < 4.78 is 25.9. The Kier molecular flexibility index (Phi) is 4.59. The first-order valence-corrected chi connectivity index (χ1v) is 9.05. The highest BCUT2D eigenvalue weighted by Gasteiger charge is 2.33. The van der Waals surface area contributed by atoms with Crippen LogP contribution < -0.4 is 15.0 Å². The van der Waals surface area contributed by atoms with Crippen molar-refractivity contribution in [3.8, 4) is 11.5 Å². The number of hydrogen-bond donors (Lipinski definition) is 0. The predicted octanol–water partition coefficient (Wildman–Crippen LogP) is 2.30. The molecule has 0 bridgehead atoms. The topological polar surface area (TPSA) is 60.8 Å². The lowest BCUT2D eigenvalue weighted by Gasteiger charge is -2.38. The minimum atomic E-state index is -0.351. The van der Waals surface area contributed by atoms with Crippen LogP contribution in [0.25, 0.3) is 0 Å². The second-order valence-corrected chi connectivity index (χ2v) is 7.05. The van der Waals surface area contributed by atoms with E-state index in [9.17, 15) is 14.0 Å². The molecule has 7 heteroatoms. The normalized spacial score (nSPS) is 16.7. The third-order valence-electron chi connectivity index (χ3n) is 4.83. The fraction of sp³-hybridized carbons (Fsp3) is 0.400. The number of likely N-dealkylation sites (tertiary alicyclic amines) is 1. The molecule has 0 atom stereocenters. The summed E-state index contributed by atoms with van der Waals surface area (Å²) in [4.78, 5) is 26.0. The van der Waals surface area contributed by atoms with Gasteiger partial charge in [0.2, 0.25) is 0 Å². The number of ether oxygens (including phenoxy) is 2. The molecule has 1 amide bonds. The molecule has 4 rings (SSSR count). The molecule has 1 aromatic heterocycles. The molecule has 142 valence electrons. The van der Waals surface area contributed by atoms with E-state index in [1.807, 2.05) is 17.6 Å². The second kappa shape index (κ2) is 7.06. The zero-order valence-corrected chi connectivity index (χ0v) is 15.1. The molecular formula is C20H21FN2O4. The van der Waals surface area contributed by atoms with Gasteiger partial charge in [-0.1, -0.05) is 0 Å². The van der Waals surface area contributed by atoms with Crippen LogP contribution >= 0.6 is 0 Å². The molecule has 1 saturated heterocycles. The molecule has 2 aliphatic rings. The fourth-order valence-corrected chi connectivity index (χ4v) is 3.23. The summed E-state index contributed by atoms with van der Waals surface area (Å²) in [5, 5.41) is 0. The quantitative estimate of drug-likeness (QED) is 0.781. The Morgan fingerprint density at radius 2 is 1.85 bits per heavy atom. The van der Waals surface area contributed by atoms with Gasteiger partial charge in [-0.05, 0) is 50.1 Å². The van der Waals surface area contributed by atoms with Gasteiger partial charge in [0, 0.05) is 17.8 Å². The van der Waals surface area contributed by atoms with Crippen molar-refractivity contribution in [2.45, 2.75) is 31.9 Å². The maximum absolute atomic E-state index is 12.8. The lowest BCUT2D eigenvalue weighted by molar-refractivity contribution is -0.142. The zero-order chi connectivity index (χ0) is 19.0. The van der Waals surface area contributed by atoms with Crippen LogP contribution in [0.5, 0.6) is 11.5 Å². The number of carbonyl (C=O) groups excluding carboxylic acids is 1. The molecule has 0 unspecified atom stereocenters. The van der Waals surface area contributed by atoms with E-state index in [1.165, 1.54) is 30.3 Å². The van der Waals surface area contributed by atoms with Crippen LogP contribution in [0.15, 0.2) is 41.2 Å². The molecule has 0 N–H and O–H groups in total. The highest BCUT2D eigenvalue weighted by Crippen LogP contribution is 2.35. The second-order valence-electron chi connectivity index (χ2n) is 7.05. The van der Waals surface area contributed by atoms with Crippen molar-refractivity contribution in [3.05, 3.63) is 58.3 Å². The van der Waals surface area contributed by atoms with Crippen LogP contribution in [0.1, 0.15) is 24.6 Å². The molecular weight excluding hydrogens is 351 g/mol. The van der Waals surface area contributed by atoms with Gasteiger partial charge in [0.1, 0.15) is 23.4 Å². The van der Waals surface area contributed by atoms with E-state index in [2.05, 4.69) is 0 Å². The average Bonchev–Trinajstić information content (AvgIpc) is 3.41. The molecule has 2 fully saturated rings. The summed E-state index contributed by atoms with van der Waals surface area (Å²) in [7, 11) is 0. The predicted molar refractivity (Wildman–Crippen MR) is 96.6 cm³/mol. The largest absolute Gasteiger partial charge is 0.486 e. The van der Waals surface area contributed by atoms with E-state index in [0.29, 0.717) is 30.6 Å². The van der Waals surface area contributed by atoms with E-state index in [4.69, 9.17) is 9.47 Å². The van der Waals surface area contributed by atoms with Gasteiger partial charge in [-0.15, -0.1) is 0 Å². The Balaban J connectivity index is 1.26. The third kappa shape index (κ3) is 3.97. The van der Waals surface area contributed by atoms with Gasteiger partial charge in [-0.2, -0.15) is 0 Å². The highest BCUT2D eigenvalue weighted by molar-refractivity contribution is 5.78. The minimum Gasteiger partial charge on any atom is -0.486 e. The number of benzene rings is 1. The van der Waals surface area contributed by atoms with Gasteiger partial charge in [0.05, 0.1) is 13.1 Å². The van der Waals surface area contributed by atoms with Crippen molar-refractivity contribution in [3.63, 3.8) is 0 Å². The lowest BCUT2D eigenvalue weighted by Crippen LogP contribution is -2.57. The number of pyridine rings is 1. The van der Waals surface area contributed by atoms with Gasteiger partial charge in [0.25, 0.3) is 11.5 Å². The van der Waals surface area contributed by atoms with Crippen LogP contribution in [0.3, 0.4) is 0 Å². The monoisotopic (exact) mass is 372 g/mol. The Hall–Kier alpha value is -2.83. The Labute approximate surface area is 156 Å². The number of hydrogen-bond acceptors (Lipinski definition) is 4. The summed E-state index contributed by atoms with van der Waals surface area (Å²) in [5.41, 5.74) is 0.868. The standard InChI is InChI=1S/C20H21FN2O4/c1-13-8-17(9-19(24)23(13)15-4-5-15)27-18-10-22(11-18)20(25)12-26-16-6-2-14(21)3-7-16/h2-3,6-9,15,18H,4-5,10-12H2,1H3. The first-order chi connectivity index (χ1) is 13.0. The minimum absolute atomic E-state index is 0.0348. The zero-order valence-electron chi connectivity index (χ0n) is 15.1. The summed E-state index contributed by atoms with van der Waals surface area (Å²) in [6.45, 7) is 2.72. The van der Waals surface area contributed by atoms with E-state index in [0.717, 1.165) is 18.5 Å². The van der Waals surface area contributed by atoms with Crippen molar-refractivity contribution >= 4 is 5.91 Å². The van der Waals surface area contributed by atoms with Crippen molar-refractivity contribution < 1.29 is 18.7 Å². The molecule has 2 heterocycles. The number of aryl methyl sites for hydroxylation is 1. The van der Waals surface area contributed by atoms with E-state index >= 15 is 0 Å². The van der Waals surface area contributed by atoms with E-state index in [1.54, 1.807) is 4.90 Å². The summed E-state index contributed by atoms with van der Waals surface area (Å²) in [5.74, 6) is 0.495. The number of halogens is 1. The Bertz CT molecular complexity index is 899. The number of amides is 1. The Morgan fingerprint density at radius 1 is 1.15 bits per heavy atom. The maximum atomic E-state index is 12.8. The van der Waals surface area contributed by atoms with Crippen molar-refractivity contribution in [1.29, 1.82) is 0 Å². The summed E-state index contributed by atoms with van der Waals surface area (Å²) in [6.07, 6.45) is 1.98. The number of rotatable bonds is 6. The summed E-state index contributed by atoms with van der Waals surface area (Å²) in [6, 6.07) is 9.27. The van der Waals surface area contributed by atoms with Crippen LogP contribution in [0.4, 0.5) is 4.39 Å². The lowest BCUT2D eigenvalue weighted by atomic mass is 10.1. The molecule has 1 aromatic carbocycles. The van der Waals surface area contributed by atoms with Gasteiger partial charge in [-0.3, -0.25) is 9.59 Å². The molecule has 2 aromatic rings. The van der Waals surface area contributed by atoms with Gasteiger partial charge in [-0.25, -0.2) is 4.39 Å². The average molecular weight is 372 g/mol. The SMILES string of the molecule is Cc1cc(OC2CN(C(=O)COc3ccc(F)cc3)C2)cc(=O)n1C1CC1. The van der Waals surface area contributed by atoms with E-state index < -0.39 is 0 Å². The van der Waals surface area contributed by atoms with Gasteiger partial charge in [0.15, 0.2) is 6.61 Å². The van der Waals surface area contributed by atoms with Crippen LogP contribution in [0, 0.1) is 12.7 Å². The van der Waals surface area contributed by atoms with Crippen LogP contribution in [-0.4, -0.2) is 41.2 Å². The highest BCUT2D eigenvalue weighted by atomic mass is 19.1. The molecule has 0 radical (unpaired) electrons. The Morgan fingerprint density at radius 3 is 2.48 bits per heavy atom. The van der Waals surface area contributed by atoms with Crippen molar-refractivity contribution in [2.24, 2.45) is 0 Å². The summed E-state index contributed by atoms with van der Waals surface area (Å²) >= 11 is 0. The van der Waals surface area contributed by atoms with Crippen molar-refractivity contribution in [2.75, 3.05) is 19.7 Å². The fourth-order valence-electron chi connectivity index (χ4n) is 3.23.